The van der Waals surface area contributed by atoms with Crippen LogP contribution in [-0.4, -0.2) is 41.3 Å². The third kappa shape index (κ3) is 3.32. The van der Waals surface area contributed by atoms with Crippen molar-refractivity contribution in [2.24, 2.45) is 17.8 Å². The van der Waals surface area contributed by atoms with Crippen LogP contribution in [0.15, 0.2) is 30.5 Å². The Labute approximate surface area is 152 Å². The second-order valence-electron chi connectivity index (χ2n) is 8.16. The summed E-state index contributed by atoms with van der Waals surface area (Å²) in [6.07, 6.45) is 1.44. The number of fused-ring (bicyclic) bond motifs is 2. The SMILES string of the molecule is CC(C)(C)OC(=O)N1CC2C(COc3ccnc4ccc(F)cc34)C2C1. The number of likely N-dealkylation sites (tertiary alicyclic amines) is 1. The van der Waals surface area contributed by atoms with E-state index in [1.54, 1.807) is 23.2 Å². The zero-order valence-corrected chi connectivity index (χ0v) is 15.2. The number of rotatable bonds is 3. The summed E-state index contributed by atoms with van der Waals surface area (Å²) in [5.74, 6) is 1.72. The first kappa shape index (κ1) is 17.1. The van der Waals surface area contributed by atoms with E-state index in [2.05, 4.69) is 4.98 Å². The van der Waals surface area contributed by atoms with Crippen LogP contribution in [0.3, 0.4) is 0 Å². The van der Waals surface area contributed by atoms with Gasteiger partial charge in [-0.15, -0.1) is 0 Å². The van der Waals surface area contributed by atoms with E-state index in [0.29, 0.717) is 35.5 Å². The maximum absolute atomic E-state index is 13.5. The Morgan fingerprint density at radius 2 is 2.00 bits per heavy atom. The van der Waals surface area contributed by atoms with Crippen LogP contribution in [0.25, 0.3) is 10.9 Å². The molecule has 4 rings (SSSR count). The fraction of sp³-hybridized carbons (Fsp3) is 0.500. The minimum Gasteiger partial charge on any atom is -0.493 e. The molecule has 0 N–H and O–H groups in total. The van der Waals surface area contributed by atoms with Crippen LogP contribution in [0.1, 0.15) is 20.8 Å². The number of hydrogen-bond acceptors (Lipinski definition) is 4. The molecule has 0 radical (unpaired) electrons. The lowest BCUT2D eigenvalue weighted by Gasteiger charge is -2.26. The predicted octanol–water partition coefficient (Wildman–Crippen LogP) is 3.87. The second-order valence-corrected chi connectivity index (χ2v) is 8.16. The Morgan fingerprint density at radius 1 is 1.27 bits per heavy atom. The van der Waals surface area contributed by atoms with Crippen molar-refractivity contribution in [2.75, 3.05) is 19.7 Å². The van der Waals surface area contributed by atoms with Gasteiger partial charge < -0.3 is 14.4 Å². The summed E-state index contributed by atoms with van der Waals surface area (Å²) in [6.45, 7) is 7.65. The molecule has 2 aromatic rings. The first-order valence-electron chi connectivity index (χ1n) is 8.97. The van der Waals surface area contributed by atoms with Crippen molar-refractivity contribution in [3.63, 3.8) is 0 Å². The topological polar surface area (TPSA) is 51.7 Å². The van der Waals surface area contributed by atoms with Crippen molar-refractivity contribution >= 4 is 17.0 Å². The third-order valence-corrected chi connectivity index (χ3v) is 5.12. The van der Waals surface area contributed by atoms with Gasteiger partial charge in [-0.3, -0.25) is 4.98 Å². The number of nitrogens with zero attached hydrogens (tertiary/aromatic N) is 2. The van der Waals surface area contributed by atoms with Crippen molar-refractivity contribution < 1.29 is 18.7 Å². The number of piperidine rings is 1. The van der Waals surface area contributed by atoms with E-state index in [4.69, 9.17) is 9.47 Å². The zero-order chi connectivity index (χ0) is 18.5. The van der Waals surface area contributed by atoms with Gasteiger partial charge in [0.05, 0.1) is 12.1 Å². The number of amides is 1. The molecule has 2 aliphatic rings. The number of hydrogen-bond donors (Lipinski definition) is 0. The van der Waals surface area contributed by atoms with Gasteiger partial charge in [-0.25, -0.2) is 9.18 Å². The first-order valence-corrected chi connectivity index (χ1v) is 8.97. The average Bonchev–Trinajstić information content (AvgIpc) is 3.00. The second kappa shape index (κ2) is 6.11. The highest BCUT2D eigenvalue weighted by Gasteiger charge is 2.57. The van der Waals surface area contributed by atoms with Crippen LogP contribution in [-0.2, 0) is 4.74 Å². The lowest BCUT2D eigenvalue weighted by Crippen LogP contribution is -2.37. The van der Waals surface area contributed by atoms with Gasteiger partial charge in [-0.2, -0.15) is 0 Å². The van der Waals surface area contributed by atoms with Crippen LogP contribution < -0.4 is 4.74 Å². The van der Waals surface area contributed by atoms with E-state index in [1.807, 2.05) is 20.8 Å². The standard InChI is InChI=1S/C20H23FN2O3/c1-20(2,3)26-19(24)23-9-14-15(10-23)16(14)11-25-18-6-7-22-17-5-4-12(21)8-13(17)18/h4-8,14-16H,9-11H2,1-3H3. The van der Waals surface area contributed by atoms with Gasteiger partial charge in [-0.05, 0) is 56.9 Å². The van der Waals surface area contributed by atoms with Gasteiger partial charge >= 0.3 is 6.09 Å². The molecular formula is C20H23FN2O3. The molecule has 0 bridgehead atoms. The predicted molar refractivity (Wildman–Crippen MR) is 95.5 cm³/mol. The summed E-state index contributed by atoms with van der Waals surface area (Å²) >= 11 is 0. The van der Waals surface area contributed by atoms with Crippen LogP contribution in [0.4, 0.5) is 9.18 Å². The highest BCUT2D eigenvalue weighted by atomic mass is 19.1. The Balaban J connectivity index is 1.34. The molecular weight excluding hydrogens is 335 g/mol. The number of carbonyl (C=O) groups is 1. The molecule has 2 atom stereocenters. The lowest BCUT2D eigenvalue weighted by atomic mass is 10.2. The number of aromatic nitrogens is 1. The van der Waals surface area contributed by atoms with Gasteiger partial charge in [0.1, 0.15) is 17.2 Å². The maximum Gasteiger partial charge on any atom is 0.410 e. The van der Waals surface area contributed by atoms with Crippen LogP contribution >= 0.6 is 0 Å². The fourth-order valence-electron chi connectivity index (χ4n) is 3.78. The third-order valence-electron chi connectivity index (χ3n) is 5.12. The smallest absolute Gasteiger partial charge is 0.410 e. The van der Waals surface area contributed by atoms with E-state index in [0.717, 1.165) is 18.6 Å². The molecule has 5 nitrogen and oxygen atoms in total. The number of benzene rings is 1. The van der Waals surface area contributed by atoms with Crippen molar-refractivity contribution in [3.05, 3.63) is 36.3 Å². The van der Waals surface area contributed by atoms with Crippen LogP contribution in [0, 0.1) is 23.6 Å². The Bertz CT molecular complexity index is 837. The van der Waals surface area contributed by atoms with Gasteiger partial charge in [0.2, 0.25) is 0 Å². The van der Waals surface area contributed by atoms with E-state index in [1.165, 1.54) is 12.1 Å². The summed E-state index contributed by atoms with van der Waals surface area (Å²) in [7, 11) is 0. The highest BCUT2D eigenvalue weighted by molar-refractivity contribution is 5.84. The minimum absolute atomic E-state index is 0.236. The summed E-state index contributed by atoms with van der Waals surface area (Å²) in [5.41, 5.74) is 0.250. The molecule has 1 saturated carbocycles. The Kier molecular flexibility index (Phi) is 4.01. The largest absolute Gasteiger partial charge is 0.493 e. The summed E-state index contributed by atoms with van der Waals surface area (Å²) in [6, 6.07) is 6.28. The molecule has 26 heavy (non-hydrogen) atoms. The van der Waals surface area contributed by atoms with Gasteiger partial charge in [-0.1, -0.05) is 0 Å². The van der Waals surface area contributed by atoms with Crippen molar-refractivity contribution in [3.8, 4) is 5.75 Å². The molecule has 0 spiro atoms. The molecule has 1 aromatic carbocycles. The van der Waals surface area contributed by atoms with E-state index in [-0.39, 0.29) is 11.9 Å². The summed E-state index contributed by atoms with van der Waals surface area (Å²) in [4.78, 5) is 18.1. The number of pyridine rings is 1. The van der Waals surface area contributed by atoms with E-state index in [9.17, 15) is 9.18 Å². The molecule has 1 aliphatic carbocycles. The maximum atomic E-state index is 13.5. The highest BCUT2D eigenvalue weighted by Crippen LogP contribution is 2.52. The molecule has 1 amide bonds. The monoisotopic (exact) mass is 358 g/mol. The Hall–Kier alpha value is -2.37. The quantitative estimate of drug-likeness (QED) is 0.836. The minimum atomic E-state index is -0.468. The van der Waals surface area contributed by atoms with Gasteiger partial charge in [0.25, 0.3) is 0 Å². The molecule has 2 fully saturated rings. The average molecular weight is 358 g/mol. The number of ether oxygens (including phenoxy) is 2. The molecule has 1 saturated heterocycles. The van der Waals surface area contributed by atoms with Gasteiger partial charge in [0.15, 0.2) is 0 Å². The number of halogens is 1. The van der Waals surface area contributed by atoms with Crippen LogP contribution in [0.5, 0.6) is 5.75 Å². The molecule has 6 heteroatoms. The van der Waals surface area contributed by atoms with Crippen molar-refractivity contribution in [1.29, 1.82) is 0 Å². The normalized spacial score (nSPS) is 24.5. The summed E-state index contributed by atoms with van der Waals surface area (Å²) in [5, 5.41) is 0.689. The van der Waals surface area contributed by atoms with Crippen molar-refractivity contribution in [1.82, 2.24) is 9.88 Å². The van der Waals surface area contributed by atoms with Gasteiger partial charge in [0, 0.05) is 30.6 Å². The molecule has 2 heterocycles. The lowest BCUT2D eigenvalue weighted by molar-refractivity contribution is 0.0261. The van der Waals surface area contributed by atoms with E-state index >= 15 is 0 Å². The Morgan fingerprint density at radius 3 is 2.69 bits per heavy atom. The molecule has 1 aromatic heterocycles. The molecule has 1 aliphatic heterocycles. The molecule has 138 valence electrons. The summed E-state index contributed by atoms with van der Waals surface area (Å²) < 4.78 is 24.9. The van der Waals surface area contributed by atoms with E-state index < -0.39 is 5.60 Å². The fourth-order valence-corrected chi connectivity index (χ4v) is 3.78. The van der Waals surface area contributed by atoms with Crippen molar-refractivity contribution in [2.45, 2.75) is 26.4 Å². The molecule has 2 unspecified atom stereocenters. The van der Waals surface area contributed by atoms with Crippen LogP contribution in [0.2, 0.25) is 0 Å². The zero-order valence-electron chi connectivity index (χ0n) is 15.2. The number of carbonyl (C=O) groups excluding carboxylic acids is 1. The first-order chi connectivity index (χ1) is 12.3.